The summed E-state index contributed by atoms with van der Waals surface area (Å²) in [5, 5.41) is 20.0. The maximum absolute atomic E-state index is 11.1. The summed E-state index contributed by atoms with van der Waals surface area (Å²) < 4.78 is 8.86. The van der Waals surface area contributed by atoms with Gasteiger partial charge < -0.3 is 53.1 Å². The van der Waals surface area contributed by atoms with E-state index in [1.807, 2.05) is 0 Å². The summed E-state index contributed by atoms with van der Waals surface area (Å²) in [6.45, 7) is 0. The Balaban J connectivity index is -0.000000103. The SMILES string of the molecule is O.O.O.O.O.O.O=C(O[O-])c1ccc2ooc2c1C(=O)O[O-].[Mg+2]. The Bertz CT molecular complexity index is 558. The van der Waals surface area contributed by atoms with Gasteiger partial charge in [0.1, 0.15) is 5.56 Å². The number of hydrogen-bond donors (Lipinski definition) is 0. The predicted molar refractivity (Wildman–Crippen MR) is 66.7 cm³/mol. The Morgan fingerprint density at radius 2 is 1.30 bits per heavy atom. The molecule has 0 radical (unpaired) electrons. The normalized spacial score (nSPS) is 7.22. The number of benzene rings is 1. The average molecular weight is 358 g/mol. The van der Waals surface area contributed by atoms with E-state index in [0.29, 0.717) is 0 Å². The van der Waals surface area contributed by atoms with Crippen molar-refractivity contribution in [2.24, 2.45) is 0 Å². The third kappa shape index (κ3) is 6.46. The van der Waals surface area contributed by atoms with Gasteiger partial charge in [-0.2, -0.15) is 0 Å². The van der Waals surface area contributed by atoms with Gasteiger partial charge in [-0.15, -0.1) is 0 Å². The van der Waals surface area contributed by atoms with Gasteiger partial charge in [0, 0.05) is 0 Å². The topological polar surface area (TPSA) is 314 Å². The van der Waals surface area contributed by atoms with Crippen molar-refractivity contribution in [2.45, 2.75) is 0 Å². The van der Waals surface area contributed by atoms with E-state index in [4.69, 9.17) is 0 Å². The monoisotopic (exact) mass is 358 g/mol. The van der Waals surface area contributed by atoms with Crippen molar-refractivity contribution in [3.63, 3.8) is 0 Å². The Labute approximate surface area is 142 Å². The summed E-state index contributed by atoms with van der Waals surface area (Å²) in [5.74, 6) is -2.71. The fraction of sp³-hybridized carbons (Fsp3) is 0. The second-order valence-corrected chi connectivity index (χ2v) is 2.72. The van der Waals surface area contributed by atoms with Crippen molar-refractivity contribution in [1.29, 1.82) is 0 Å². The van der Waals surface area contributed by atoms with Crippen LogP contribution in [0.15, 0.2) is 21.3 Å². The molecule has 0 amide bonds. The molecule has 0 saturated heterocycles. The van der Waals surface area contributed by atoms with Gasteiger partial charge in [-0.3, -0.25) is 9.15 Å². The smallest absolute Gasteiger partial charge is 0.661 e. The maximum atomic E-state index is 11.1. The zero-order chi connectivity index (χ0) is 11.7. The van der Waals surface area contributed by atoms with Crippen LogP contribution < -0.4 is 10.5 Å². The molecule has 0 aliphatic heterocycles. The molecule has 0 aliphatic rings. The molecular formula is C8H14MgO14. The van der Waals surface area contributed by atoms with Crippen LogP contribution in [-0.4, -0.2) is 67.8 Å². The van der Waals surface area contributed by atoms with Crippen molar-refractivity contribution >= 4 is 46.2 Å². The van der Waals surface area contributed by atoms with E-state index in [-0.39, 0.29) is 67.1 Å². The molecule has 2 aromatic rings. The summed E-state index contributed by atoms with van der Waals surface area (Å²) in [6.07, 6.45) is 0. The minimum atomic E-state index is -1.37. The van der Waals surface area contributed by atoms with Crippen molar-refractivity contribution in [3.8, 4) is 0 Å². The average Bonchev–Trinajstić information content (AvgIpc) is 2.27. The minimum absolute atomic E-state index is 0. The van der Waals surface area contributed by atoms with Crippen molar-refractivity contribution in [3.05, 3.63) is 23.3 Å². The van der Waals surface area contributed by atoms with Gasteiger partial charge in [0.25, 0.3) is 0 Å². The molecule has 12 N–H and O–H groups in total. The summed E-state index contributed by atoms with van der Waals surface area (Å²) in [5.41, 5.74) is -0.941. The molecule has 14 nitrogen and oxygen atoms in total. The fourth-order valence-corrected chi connectivity index (χ4v) is 1.22. The van der Waals surface area contributed by atoms with Crippen LogP contribution in [0, 0.1) is 0 Å². The van der Waals surface area contributed by atoms with Crippen molar-refractivity contribution in [1.82, 2.24) is 0 Å². The van der Waals surface area contributed by atoms with Gasteiger partial charge in [-0.25, -0.2) is 9.59 Å². The van der Waals surface area contributed by atoms with Gasteiger partial charge in [-0.1, -0.05) is 0 Å². The third-order valence-corrected chi connectivity index (χ3v) is 1.91. The molecule has 132 valence electrons. The Morgan fingerprint density at radius 3 is 1.65 bits per heavy atom. The van der Waals surface area contributed by atoms with Crippen molar-refractivity contribution in [2.75, 3.05) is 0 Å². The third-order valence-electron chi connectivity index (χ3n) is 1.91. The molecule has 0 fully saturated rings. The standard InChI is InChI=1S/C8H4O8.Mg.6H2O/c9-7(13-11)3-1-2-4-6(16-15-4)5(3)8(10)14-12;;;;;;;/h1-2,11-12H;;6*1H2/q;+2;;;;;;/p-2. The van der Waals surface area contributed by atoms with Crippen LogP contribution in [0.2, 0.25) is 0 Å². The Morgan fingerprint density at radius 1 is 0.826 bits per heavy atom. The molecule has 1 heterocycles. The quantitative estimate of drug-likeness (QED) is 0.281. The Hall–Kier alpha value is -1.79. The number of fused-ring (bicyclic) bond motifs is 1. The molecule has 0 saturated carbocycles. The zero-order valence-corrected chi connectivity index (χ0v) is 12.5. The molecular weight excluding hydrogens is 344 g/mol. The molecule has 0 bridgehead atoms. The number of hydrogen-bond acceptors (Lipinski definition) is 8. The summed E-state index contributed by atoms with van der Waals surface area (Å²) in [6, 6.07) is 2.35. The molecule has 0 atom stereocenters. The first kappa shape index (κ1) is 37.4. The summed E-state index contributed by atoms with van der Waals surface area (Å²) in [7, 11) is 0. The van der Waals surface area contributed by atoms with E-state index >= 15 is 0 Å². The zero-order valence-electron chi connectivity index (χ0n) is 11.1. The van der Waals surface area contributed by atoms with Crippen LogP contribution in [-0.2, 0) is 9.78 Å². The van der Waals surface area contributed by atoms with Gasteiger partial charge in [-0.05, 0) is 12.1 Å². The second kappa shape index (κ2) is 15.1. The van der Waals surface area contributed by atoms with Crippen LogP contribution >= 0.6 is 0 Å². The van der Waals surface area contributed by atoms with Crippen LogP contribution in [0.3, 0.4) is 0 Å². The van der Waals surface area contributed by atoms with E-state index in [1.165, 1.54) is 6.07 Å². The number of carbonyl (C=O) groups is 2. The van der Waals surface area contributed by atoms with Gasteiger partial charge in [0.2, 0.25) is 11.2 Å². The van der Waals surface area contributed by atoms with Crippen molar-refractivity contribution < 1.29 is 71.9 Å². The Kier molecular flexibility index (Phi) is 24.6. The summed E-state index contributed by atoms with van der Waals surface area (Å²) in [4.78, 5) is 28.5. The predicted octanol–water partition coefficient (Wildman–Crippen LogP) is -6.44. The van der Waals surface area contributed by atoms with Gasteiger partial charge in [0.05, 0.1) is 5.56 Å². The molecule has 0 unspecified atom stereocenters. The van der Waals surface area contributed by atoms with Gasteiger partial charge >= 0.3 is 35.0 Å². The first-order valence-electron chi connectivity index (χ1n) is 3.89. The first-order valence-corrected chi connectivity index (χ1v) is 3.89. The van der Waals surface area contributed by atoms with Gasteiger partial charge in [0.15, 0.2) is 0 Å². The van der Waals surface area contributed by atoms with Crippen LogP contribution in [0.4, 0.5) is 0 Å². The second-order valence-electron chi connectivity index (χ2n) is 2.72. The molecule has 0 aliphatic carbocycles. The summed E-state index contributed by atoms with van der Waals surface area (Å²) >= 11 is 0. The fourth-order valence-electron chi connectivity index (χ4n) is 1.22. The van der Waals surface area contributed by atoms with Crippen LogP contribution in [0.25, 0.3) is 11.2 Å². The molecule has 0 spiro atoms. The van der Waals surface area contributed by atoms with Crippen LogP contribution in [0.5, 0.6) is 0 Å². The minimum Gasteiger partial charge on any atom is -0.661 e. The number of rotatable bonds is 2. The first-order chi connectivity index (χ1) is 7.69. The molecule has 1 aromatic carbocycles. The molecule has 1 aromatic heterocycles. The van der Waals surface area contributed by atoms with E-state index in [2.05, 4.69) is 18.9 Å². The van der Waals surface area contributed by atoms with Crippen LogP contribution in [0.1, 0.15) is 20.7 Å². The maximum Gasteiger partial charge on any atom is 2.00 e. The van der Waals surface area contributed by atoms with E-state index in [1.54, 1.807) is 0 Å². The largest absolute Gasteiger partial charge is 2.00 e. The molecule has 15 heteroatoms. The number of carbonyl (C=O) groups excluding carboxylic acids is 2. The molecule has 23 heavy (non-hydrogen) atoms. The van der Waals surface area contributed by atoms with E-state index in [0.717, 1.165) is 6.07 Å². The molecule has 2 rings (SSSR count). The van der Waals surface area contributed by atoms with E-state index < -0.39 is 23.1 Å². The van der Waals surface area contributed by atoms with E-state index in [9.17, 15) is 20.1 Å².